The number of halogens is 3. The lowest BCUT2D eigenvalue weighted by Crippen LogP contribution is -2.31. The number of benzene rings is 1. The van der Waals surface area contributed by atoms with E-state index in [2.05, 4.69) is 10.0 Å². The maximum atomic E-state index is 12.7. The van der Waals surface area contributed by atoms with Gasteiger partial charge in [0.15, 0.2) is 0 Å². The Kier molecular flexibility index (Phi) is 5.40. The zero-order chi connectivity index (χ0) is 19.5. The van der Waals surface area contributed by atoms with Crippen molar-refractivity contribution in [2.45, 2.75) is 12.7 Å². The molecule has 0 aliphatic rings. The number of nitrogens with zero attached hydrogens (tertiary/aromatic N) is 1. The fourth-order valence-electron chi connectivity index (χ4n) is 2.07. The second-order valence-electron chi connectivity index (χ2n) is 5.35. The van der Waals surface area contributed by atoms with Gasteiger partial charge in [0.2, 0.25) is 15.9 Å². The molecule has 1 heterocycles. The van der Waals surface area contributed by atoms with Crippen LogP contribution >= 0.6 is 0 Å². The van der Waals surface area contributed by atoms with Crippen LogP contribution in [-0.4, -0.2) is 25.1 Å². The number of anilines is 2. The minimum absolute atomic E-state index is 0.277. The van der Waals surface area contributed by atoms with Crippen molar-refractivity contribution in [2.24, 2.45) is 0 Å². The van der Waals surface area contributed by atoms with Crippen molar-refractivity contribution in [2.75, 3.05) is 16.3 Å². The first-order valence-electron chi connectivity index (χ1n) is 7.10. The molecule has 11 heteroatoms. The third-order valence-corrected chi connectivity index (χ3v) is 3.72. The maximum absolute atomic E-state index is 12.7. The lowest BCUT2D eigenvalue weighted by atomic mass is 10.2. The van der Waals surface area contributed by atoms with Crippen LogP contribution in [0.5, 0.6) is 0 Å². The standard InChI is InChI=1S/C15H14F3N3O4S/c1-26(24,25)20-11-6-4-10(5-7-11)19-13(22)9-21-8-2-3-12(14(21)23)15(16,17)18/h2-8,20H,9H2,1H3,(H,19,22). The summed E-state index contributed by atoms with van der Waals surface area (Å²) in [6, 6.07) is 7.27. The number of sulfonamides is 1. The topological polar surface area (TPSA) is 97.3 Å². The first-order valence-corrected chi connectivity index (χ1v) is 8.99. The quantitative estimate of drug-likeness (QED) is 0.816. The number of rotatable bonds is 5. The van der Waals surface area contributed by atoms with Crippen LogP contribution in [0.2, 0.25) is 0 Å². The Morgan fingerprint density at radius 2 is 1.69 bits per heavy atom. The molecule has 2 rings (SSSR count). The molecule has 1 aromatic heterocycles. The number of alkyl halides is 3. The molecule has 0 unspecified atom stereocenters. The molecule has 7 nitrogen and oxygen atoms in total. The summed E-state index contributed by atoms with van der Waals surface area (Å²) < 4.78 is 63.2. The number of pyridine rings is 1. The molecule has 2 N–H and O–H groups in total. The van der Waals surface area contributed by atoms with Crippen molar-refractivity contribution in [3.8, 4) is 0 Å². The van der Waals surface area contributed by atoms with Crippen molar-refractivity contribution in [1.29, 1.82) is 0 Å². The summed E-state index contributed by atoms with van der Waals surface area (Å²) in [4.78, 5) is 23.7. The van der Waals surface area contributed by atoms with Gasteiger partial charge in [0.05, 0.1) is 6.26 Å². The minimum atomic E-state index is -4.81. The van der Waals surface area contributed by atoms with E-state index in [1.165, 1.54) is 24.3 Å². The summed E-state index contributed by atoms with van der Waals surface area (Å²) in [6.45, 7) is -0.605. The van der Waals surface area contributed by atoms with Crippen molar-refractivity contribution in [3.05, 3.63) is 58.5 Å². The van der Waals surface area contributed by atoms with Gasteiger partial charge in [-0.1, -0.05) is 0 Å². The van der Waals surface area contributed by atoms with Crippen LogP contribution in [0, 0.1) is 0 Å². The zero-order valence-electron chi connectivity index (χ0n) is 13.4. The predicted molar refractivity (Wildman–Crippen MR) is 89.2 cm³/mol. The monoisotopic (exact) mass is 389 g/mol. The summed E-state index contributed by atoms with van der Waals surface area (Å²) in [5.74, 6) is -0.713. The summed E-state index contributed by atoms with van der Waals surface area (Å²) in [6.07, 6.45) is -2.75. The molecule has 0 aliphatic carbocycles. The van der Waals surface area contributed by atoms with Crippen molar-refractivity contribution in [1.82, 2.24) is 4.57 Å². The highest BCUT2D eigenvalue weighted by Crippen LogP contribution is 2.26. The molecule has 0 radical (unpaired) electrons. The average molecular weight is 389 g/mol. The molecule has 0 saturated carbocycles. The van der Waals surface area contributed by atoms with E-state index in [1.54, 1.807) is 0 Å². The molecule has 26 heavy (non-hydrogen) atoms. The molecule has 2 aromatic rings. The number of hydrogen-bond donors (Lipinski definition) is 2. The Bertz CT molecular complexity index is 967. The molecule has 0 saturated heterocycles. The first kappa shape index (κ1) is 19.5. The molecule has 1 aromatic carbocycles. The Labute approximate surface area is 146 Å². The number of carbonyl (C=O) groups excluding carboxylic acids is 1. The molecule has 0 atom stereocenters. The Morgan fingerprint density at radius 3 is 2.23 bits per heavy atom. The van der Waals surface area contributed by atoms with E-state index in [9.17, 15) is 31.2 Å². The van der Waals surface area contributed by atoms with E-state index in [4.69, 9.17) is 0 Å². The molecular weight excluding hydrogens is 375 g/mol. The zero-order valence-corrected chi connectivity index (χ0v) is 14.2. The van der Waals surface area contributed by atoms with Gasteiger partial charge >= 0.3 is 6.18 Å². The second-order valence-corrected chi connectivity index (χ2v) is 7.10. The van der Waals surface area contributed by atoms with Gasteiger partial charge in [-0.25, -0.2) is 8.42 Å². The Morgan fingerprint density at radius 1 is 1.12 bits per heavy atom. The predicted octanol–water partition coefficient (Wildman–Crippen LogP) is 1.88. The van der Waals surface area contributed by atoms with Gasteiger partial charge in [0.1, 0.15) is 12.1 Å². The van der Waals surface area contributed by atoms with Crippen molar-refractivity contribution in [3.63, 3.8) is 0 Å². The van der Waals surface area contributed by atoms with E-state index < -0.39 is 39.8 Å². The van der Waals surface area contributed by atoms with Gasteiger partial charge in [0.25, 0.3) is 5.56 Å². The fraction of sp³-hybridized carbons (Fsp3) is 0.200. The number of carbonyl (C=O) groups is 1. The summed E-state index contributed by atoms with van der Waals surface area (Å²) in [5, 5.41) is 2.41. The molecular formula is C15H14F3N3O4S. The lowest BCUT2D eigenvalue weighted by Gasteiger charge is -2.11. The third-order valence-electron chi connectivity index (χ3n) is 3.11. The third kappa shape index (κ3) is 5.34. The minimum Gasteiger partial charge on any atom is -0.325 e. The first-order chi connectivity index (χ1) is 12.0. The lowest BCUT2D eigenvalue weighted by molar-refractivity contribution is -0.139. The van der Waals surface area contributed by atoms with Gasteiger partial charge in [-0.2, -0.15) is 13.2 Å². The van der Waals surface area contributed by atoms with Gasteiger partial charge < -0.3 is 9.88 Å². The highest BCUT2D eigenvalue weighted by atomic mass is 32.2. The second kappa shape index (κ2) is 7.20. The van der Waals surface area contributed by atoms with Crippen LogP contribution in [0.15, 0.2) is 47.4 Å². The van der Waals surface area contributed by atoms with Crippen LogP contribution in [0.25, 0.3) is 0 Å². The summed E-state index contributed by atoms with van der Waals surface area (Å²) in [7, 11) is -3.44. The summed E-state index contributed by atoms with van der Waals surface area (Å²) >= 11 is 0. The van der Waals surface area contributed by atoms with E-state index in [0.29, 0.717) is 10.6 Å². The SMILES string of the molecule is CS(=O)(=O)Nc1ccc(NC(=O)Cn2cccc(C(F)(F)F)c2=O)cc1. The molecule has 0 spiro atoms. The van der Waals surface area contributed by atoms with E-state index in [1.807, 2.05) is 0 Å². The van der Waals surface area contributed by atoms with Gasteiger partial charge in [-0.15, -0.1) is 0 Å². The summed E-state index contributed by atoms with van der Waals surface area (Å²) in [5.41, 5.74) is -2.11. The van der Waals surface area contributed by atoms with Crippen LogP contribution < -0.4 is 15.6 Å². The van der Waals surface area contributed by atoms with Crippen LogP contribution in [0.3, 0.4) is 0 Å². The fourth-order valence-corrected chi connectivity index (χ4v) is 2.63. The smallest absolute Gasteiger partial charge is 0.325 e. The Hall–Kier alpha value is -2.82. The van der Waals surface area contributed by atoms with Gasteiger partial charge in [-0.3, -0.25) is 14.3 Å². The normalized spacial score (nSPS) is 11.8. The largest absolute Gasteiger partial charge is 0.421 e. The van der Waals surface area contributed by atoms with Crippen molar-refractivity contribution >= 4 is 27.3 Å². The van der Waals surface area contributed by atoms with Crippen LogP contribution in [0.1, 0.15) is 5.56 Å². The van der Waals surface area contributed by atoms with Crippen LogP contribution in [0.4, 0.5) is 24.5 Å². The molecule has 1 amide bonds. The van der Waals surface area contributed by atoms with E-state index in [-0.39, 0.29) is 11.4 Å². The van der Waals surface area contributed by atoms with E-state index >= 15 is 0 Å². The maximum Gasteiger partial charge on any atom is 0.421 e. The van der Waals surface area contributed by atoms with Gasteiger partial charge in [-0.05, 0) is 36.4 Å². The highest BCUT2D eigenvalue weighted by molar-refractivity contribution is 7.92. The average Bonchev–Trinajstić information content (AvgIpc) is 2.49. The van der Waals surface area contributed by atoms with E-state index in [0.717, 1.165) is 18.5 Å². The molecule has 0 fully saturated rings. The molecule has 0 bridgehead atoms. The number of hydrogen-bond acceptors (Lipinski definition) is 4. The highest BCUT2D eigenvalue weighted by Gasteiger charge is 2.34. The van der Waals surface area contributed by atoms with Gasteiger partial charge in [0, 0.05) is 17.6 Å². The molecule has 140 valence electrons. The number of nitrogens with one attached hydrogen (secondary N) is 2. The number of amides is 1. The van der Waals surface area contributed by atoms with Crippen molar-refractivity contribution < 1.29 is 26.4 Å². The number of aromatic nitrogens is 1. The van der Waals surface area contributed by atoms with Crippen LogP contribution in [-0.2, 0) is 27.5 Å². The Balaban J connectivity index is 2.09. The molecule has 0 aliphatic heterocycles.